The van der Waals surface area contributed by atoms with Crippen molar-refractivity contribution < 1.29 is 17.9 Å². The molecule has 0 unspecified atom stereocenters. The van der Waals surface area contributed by atoms with Gasteiger partial charge in [-0.25, -0.2) is 0 Å². The molecule has 1 nitrogen and oxygen atoms in total. The Morgan fingerprint density at radius 3 is 2.50 bits per heavy atom. The fourth-order valence-corrected chi connectivity index (χ4v) is 2.15. The van der Waals surface area contributed by atoms with Crippen LogP contribution in [0.2, 0.25) is 0 Å². The van der Waals surface area contributed by atoms with Crippen LogP contribution in [-0.4, -0.2) is 12.0 Å². The molecule has 2 atom stereocenters. The molecule has 5 heteroatoms. The van der Waals surface area contributed by atoms with Crippen LogP contribution >= 0.6 is 11.6 Å². The van der Waals surface area contributed by atoms with E-state index in [0.717, 1.165) is 6.07 Å². The highest BCUT2D eigenvalue weighted by Gasteiger charge is 2.38. The Hall–Kier alpha value is -0.740. The van der Waals surface area contributed by atoms with Crippen molar-refractivity contribution in [3.63, 3.8) is 0 Å². The van der Waals surface area contributed by atoms with Crippen LogP contribution in [0.1, 0.15) is 23.7 Å². The Bertz CT molecular complexity index is 378. The third-order valence-corrected chi connectivity index (χ3v) is 3.04. The first-order chi connectivity index (χ1) is 7.50. The van der Waals surface area contributed by atoms with E-state index in [0.29, 0.717) is 13.0 Å². The number of rotatable bonds is 1. The predicted octanol–water partition coefficient (Wildman–Crippen LogP) is 3.77. The highest BCUT2D eigenvalue weighted by Crippen LogP contribution is 2.40. The summed E-state index contributed by atoms with van der Waals surface area (Å²) in [6, 6.07) is 5.41. The summed E-state index contributed by atoms with van der Waals surface area (Å²) in [5, 5.41) is -0.386. The third kappa shape index (κ3) is 2.18. The number of benzene rings is 1. The number of alkyl halides is 4. The molecular weight excluding hydrogens is 241 g/mol. The van der Waals surface area contributed by atoms with Gasteiger partial charge in [0.15, 0.2) is 0 Å². The van der Waals surface area contributed by atoms with Crippen molar-refractivity contribution in [2.75, 3.05) is 6.61 Å². The molecule has 1 aliphatic rings. The summed E-state index contributed by atoms with van der Waals surface area (Å²) in [7, 11) is 0. The minimum atomic E-state index is -4.36. The van der Waals surface area contributed by atoms with Gasteiger partial charge < -0.3 is 4.74 Å². The first kappa shape index (κ1) is 11.7. The van der Waals surface area contributed by atoms with E-state index >= 15 is 0 Å². The van der Waals surface area contributed by atoms with Gasteiger partial charge >= 0.3 is 6.18 Å². The largest absolute Gasteiger partial charge is 0.416 e. The minimum absolute atomic E-state index is 0.132. The number of hydrogen-bond acceptors (Lipinski definition) is 1. The average Bonchev–Trinajstić information content (AvgIpc) is 2.63. The zero-order chi connectivity index (χ0) is 11.8. The molecule has 1 aromatic carbocycles. The van der Waals surface area contributed by atoms with Gasteiger partial charge in [0.05, 0.1) is 17.0 Å². The lowest BCUT2D eigenvalue weighted by molar-refractivity contribution is -0.139. The van der Waals surface area contributed by atoms with Gasteiger partial charge in [0.25, 0.3) is 0 Å². The molecule has 0 N–H and O–H groups in total. The Morgan fingerprint density at radius 2 is 1.94 bits per heavy atom. The topological polar surface area (TPSA) is 9.23 Å². The lowest BCUT2D eigenvalue weighted by Crippen LogP contribution is -2.15. The van der Waals surface area contributed by atoms with Crippen LogP contribution in [0.15, 0.2) is 24.3 Å². The molecule has 0 spiro atoms. The summed E-state index contributed by atoms with van der Waals surface area (Å²) < 4.78 is 43.4. The van der Waals surface area contributed by atoms with Crippen molar-refractivity contribution >= 4 is 11.6 Å². The maximum absolute atomic E-state index is 12.7. The van der Waals surface area contributed by atoms with Gasteiger partial charge in [0.1, 0.15) is 0 Å². The quantitative estimate of drug-likeness (QED) is 0.690. The summed E-state index contributed by atoms with van der Waals surface area (Å²) in [5.41, 5.74) is -0.528. The van der Waals surface area contributed by atoms with Crippen LogP contribution in [0.3, 0.4) is 0 Å². The molecule has 1 saturated heterocycles. The molecule has 88 valence electrons. The molecule has 2 rings (SSSR count). The van der Waals surface area contributed by atoms with Crippen molar-refractivity contribution in [2.45, 2.75) is 24.1 Å². The summed E-state index contributed by atoms with van der Waals surface area (Å²) in [5.74, 6) is 0. The molecule has 1 aliphatic heterocycles. The Labute approximate surface area is 96.2 Å². The second kappa shape index (κ2) is 4.26. The normalized spacial score (nSPS) is 26.0. The molecule has 0 aliphatic carbocycles. The molecule has 0 saturated carbocycles. The van der Waals surface area contributed by atoms with Crippen LogP contribution in [0.25, 0.3) is 0 Å². The van der Waals surface area contributed by atoms with E-state index in [2.05, 4.69) is 0 Å². The smallest absolute Gasteiger partial charge is 0.372 e. The zero-order valence-electron chi connectivity index (χ0n) is 8.30. The van der Waals surface area contributed by atoms with Crippen LogP contribution in [0, 0.1) is 0 Å². The van der Waals surface area contributed by atoms with E-state index in [4.69, 9.17) is 16.3 Å². The molecule has 16 heavy (non-hydrogen) atoms. The second-order valence-corrected chi connectivity index (χ2v) is 4.24. The maximum Gasteiger partial charge on any atom is 0.416 e. The van der Waals surface area contributed by atoms with E-state index in [-0.39, 0.29) is 10.9 Å². The molecule has 0 amide bonds. The maximum atomic E-state index is 12.7. The van der Waals surface area contributed by atoms with Gasteiger partial charge in [0, 0.05) is 6.61 Å². The van der Waals surface area contributed by atoms with Gasteiger partial charge in [-0.15, -0.1) is 11.6 Å². The van der Waals surface area contributed by atoms with Crippen molar-refractivity contribution in [3.8, 4) is 0 Å². The molecule has 1 fully saturated rings. The Balaban J connectivity index is 2.40. The predicted molar refractivity (Wildman–Crippen MR) is 54.4 cm³/mol. The van der Waals surface area contributed by atoms with Gasteiger partial charge in [-0.2, -0.15) is 13.2 Å². The molecule has 0 radical (unpaired) electrons. The van der Waals surface area contributed by atoms with Crippen molar-refractivity contribution in [1.82, 2.24) is 0 Å². The Morgan fingerprint density at radius 1 is 1.25 bits per heavy atom. The molecular formula is C11H10ClF3O. The summed E-state index contributed by atoms with van der Waals surface area (Å²) >= 11 is 5.94. The van der Waals surface area contributed by atoms with Crippen molar-refractivity contribution in [2.24, 2.45) is 0 Å². The van der Waals surface area contributed by atoms with E-state index in [1.807, 2.05) is 0 Å². The van der Waals surface area contributed by atoms with Gasteiger partial charge in [-0.3, -0.25) is 0 Å². The zero-order valence-corrected chi connectivity index (χ0v) is 9.05. The fraction of sp³-hybridized carbons (Fsp3) is 0.455. The number of hydrogen-bond donors (Lipinski definition) is 0. The molecule has 1 aromatic rings. The van der Waals surface area contributed by atoms with Crippen LogP contribution in [-0.2, 0) is 10.9 Å². The minimum Gasteiger partial charge on any atom is -0.372 e. The van der Waals surface area contributed by atoms with Gasteiger partial charge in [-0.1, -0.05) is 18.2 Å². The first-order valence-corrected chi connectivity index (χ1v) is 5.35. The lowest BCUT2D eigenvalue weighted by Gasteiger charge is -2.19. The van der Waals surface area contributed by atoms with Crippen LogP contribution in [0.5, 0.6) is 0 Å². The van der Waals surface area contributed by atoms with Crippen LogP contribution < -0.4 is 0 Å². The van der Waals surface area contributed by atoms with E-state index < -0.39 is 17.8 Å². The third-order valence-electron chi connectivity index (χ3n) is 2.59. The summed E-state index contributed by atoms with van der Waals surface area (Å²) in [4.78, 5) is 0. The van der Waals surface area contributed by atoms with E-state index in [1.165, 1.54) is 12.1 Å². The van der Waals surface area contributed by atoms with E-state index in [9.17, 15) is 13.2 Å². The summed E-state index contributed by atoms with van der Waals surface area (Å²) in [6.45, 7) is 0.408. The fourth-order valence-electron chi connectivity index (χ4n) is 1.85. The second-order valence-electron chi connectivity index (χ2n) is 3.68. The van der Waals surface area contributed by atoms with Crippen molar-refractivity contribution in [1.29, 1.82) is 0 Å². The lowest BCUT2D eigenvalue weighted by atomic mass is 10.00. The standard InChI is InChI=1S/C11H10ClF3O/c12-9-5-6-16-10(9)7-3-1-2-4-8(7)11(13,14)15/h1-4,9-10H,5-6H2/t9-,10+/m1/s1. The number of ether oxygens (including phenoxy) is 1. The monoisotopic (exact) mass is 250 g/mol. The molecule has 1 heterocycles. The van der Waals surface area contributed by atoms with E-state index in [1.54, 1.807) is 6.07 Å². The number of halogens is 4. The summed E-state index contributed by atoms with van der Waals surface area (Å²) in [6.07, 6.45) is -4.43. The van der Waals surface area contributed by atoms with Crippen LogP contribution in [0.4, 0.5) is 13.2 Å². The van der Waals surface area contributed by atoms with Crippen molar-refractivity contribution in [3.05, 3.63) is 35.4 Å². The first-order valence-electron chi connectivity index (χ1n) is 4.92. The Kier molecular flexibility index (Phi) is 3.13. The molecule has 0 aromatic heterocycles. The molecule has 0 bridgehead atoms. The highest BCUT2D eigenvalue weighted by molar-refractivity contribution is 6.21. The SMILES string of the molecule is FC(F)(F)c1ccccc1[C@@H]1OCC[C@H]1Cl. The van der Waals surface area contributed by atoms with Gasteiger partial charge in [0.2, 0.25) is 0 Å². The van der Waals surface area contributed by atoms with Gasteiger partial charge in [-0.05, 0) is 18.1 Å². The highest BCUT2D eigenvalue weighted by atomic mass is 35.5. The average molecular weight is 251 g/mol.